The second kappa shape index (κ2) is 5.46. The molecule has 1 aromatic heterocycles. The lowest BCUT2D eigenvalue weighted by Crippen LogP contribution is -2.41. The van der Waals surface area contributed by atoms with Crippen molar-refractivity contribution in [2.75, 3.05) is 31.2 Å². The molecule has 0 spiro atoms. The summed E-state index contributed by atoms with van der Waals surface area (Å²) in [5, 5.41) is 2.61. The maximum Gasteiger partial charge on any atom is 0.357 e. The molecular formula is C11H16N2O3S. The van der Waals surface area contributed by atoms with Gasteiger partial charge in [-0.05, 0) is 13.8 Å². The van der Waals surface area contributed by atoms with Gasteiger partial charge in [-0.25, -0.2) is 9.78 Å². The Balaban J connectivity index is 2.04. The summed E-state index contributed by atoms with van der Waals surface area (Å²) in [7, 11) is 0. The van der Waals surface area contributed by atoms with Gasteiger partial charge in [-0.3, -0.25) is 0 Å². The summed E-state index contributed by atoms with van der Waals surface area (Å²) in [4.78, 5) is 17.9. The van der Waals surface area contributed by atoms with E-state index in [4.69, 9.17) is 9.47 Å². The summed E-state index contributed by atoms with van der Waals surface area (Å²) in [6.07, 6.45) is 0.207. The van der Waals surface area contributed by atoms with Crippen molar-refractivity contribution in [2.45, 2.75) is 20.0 Å². The second-order valence-corrected chi connectivity index (χ2v) is 4.70. The molecule has 2 heterocycles. The smallest absolute Gasteiger partial charge is 0.357 e. The molecule has 5 nitrogen and oxygen atoms in total. The highest BCUT2D eigenvalue weighted by Crippen LogP contribution is 2.23. The molecule has 0 saturated carbocycles. The van der Waals surface area contributed by atoms with Crippen LogP contribution in [-0.2, 0) is 9.47 Å². The van der Waals surface area contributed by atoms with Crippen molar-refractivity contribution in [2.24, 2.45) is 0 Å². The van der Waals surface area contributed by atoms with Crippen molar-refractivity contribution in [3.05, 3.63) is 11.1 Å². The van der Waals surface area contributed by atoms with E-state index in [0.717, 1.165) is 18.2 Å². The van der Waals surface area contributed by atoms with Crippen LogP contribution in [0.15, 0.2) is 5.38 Å². The number of carbonyl (C=O) groups excluding carboxylic acids is 1. The Hall–Kier alpha value is -1.14. The van der Waals surface area contributed by atoms with E-state index in [9.17, 15) is 4.79 Å². The van der Waals surface area contributed by atoms with Gasteiger partial charge in [0, 0.05) is 18.5 Å². The lowest BCUT2D eigenvalue weighted by Gasteiger charge is -2.30. The first-order chi connectivity index (χ1) is 8.20. The maximum atomic E-state index is 11.5. The Labute approximate surface area is 104 Å². The Kier molecular flexibility index (Phi) is 3.96. The summed E-state index contributed by atoms with van der Waals surface area (Å²) in [6, 6.07) is 0. The van der Waals surface area contributed by atoms with Gasteiger partial charge in [0.2, 0.25) is 0 Å². The van der Waals surface area contributed by atoms with E-state index < -0.39 is 0 Å². The van der Waals surface area contributed by atoms with Crippen LogP contribution in [0.4, 0.5) is 5.13 Å². The number of hydrogen-bond acceptors (Lipinski definition) is 6. The molecule has 94 valence electrons. The fourth-order valence-corrected chi connectivity index (χ4v) is 2.53. The van der Waals surface area contributed by atoms with Crippen LogP contribution in [0.5, 0.6) is 0 Å². The zero-order valence-electron chi connectivity index (χ0n) is 10.0. The van der Waals surface area contributed by atoms with E-state index in [1.54, 1.807) is 12.3 Å². The molecule has 0 amide bonds. The van der Waals surface area contributed by atoms with E-state index in [1.165, 1.54) is 11.3 Å². The van der Waals surface area contributed by atoms with Crippen LogP contribution in [-0.4, -0.2) is 43.4 Å². The minimum Gasteiger partial charge on any atom is -0.461 e. The first-order valence-corrected chi connectivity index (χ1v) is 6.58. The number of nitrogens with zero attached hydrogens (tertiary/aromatic N) is 2. The topological polar surface area (TPSA) is 51.7 Å². The predicted octanol–water partition coefficient (Wildman–Crippen LogP) is 1.54. The molecule has 17 heavy (non-hydrogen) atoms. The lowest BCUT2D eigenvalue weighted by molar-refractivity contribution is 0.0518. The first-order valence-electron chi connectivity index (χ1n) is 5.70. The van der Waals surface area contributed by atoms with Crippen molar-refractivity contribution < 1.29 is 14.3 Å². The lowest BCUT2D eigenvalue weighted by atomic mass is 10.3. The van der Waals surface area contributed by atoms with E-state index in [1.807, 2.05) is 6.92 Å². The van der Waals surface area contributed by atoms with Gasteiger partial charge in [0.25, 0.3) is 0 Å². The van der Waals surface area contributed by atoms with Gasteiger partial charge in [-0.1, -0.05) is 0 Å². The predicted molar refractivity (Wildman–Crippen MR) is 65.7 cm³/mol. The average Bonchev–Trinajstić information content (AvgIpc) is 2.78. The average molecular weight is 256 g/mol. The number of hydrogen-bond donors (Lipinski definition) is 0. The van der Waals surface area contributed by atoms with Crippen LogP contribution in [0.25, 0.3) is 0 Å². The van der Waals surface area contributed by atoms with Gasteiger partial charge in [0.05, 0.1) is 19.3 Å². The third-order valence-electron chi connectivity index (χ3n) is 2.49. The molecule has 1 fully saturated rings. The van der Waals surface area contributed by atoms with Crippen LogP contribution >= 0.6 is 11.3 Å². The highest BCUT2D eigenvalue weighted by Gasteiger charge is 2.21. The third-order valence-corrected chi connectivity index (χ3v) is 3.39. The molecule has 1 aliphatic heterocycles. The number of thiazole rings is 1. The Bertz CT molecular complexity index is 394. The van der Waals surface area contributed by atoms with E-state index in [2.05, 4.69) is 9.88 Å². The molecule has 0 bridgehead atoms. The molecular weight excluding hydrogens is 240 g/mol. The van der Waals surface area contributed by atoms with Crippen LogP contribution in [0.2, 0.25) is 0 Å². The molecule has 1 aromatic rings. The molecule has 1 saturated heterocycles. The SMILES string of the molecule is CCOC(=O)c1csc(N2CCOC(C)C2)n1. The van der Waals surface area contributed by atoms with Crippen LogP contribution < -0.4 is 4.90 Å². The molecule has 1 atom stereocenters. The van der Waals surface area contributed by atoms with E-state index >= 15 is 0 Å². The van der Waals surface area contributed by atoms with Crippen molar-refractivity contribution in [3.8, 4) is 0 Å². The Morgan fingerprint density at radius 3 is 3.29 bits per heavy atom. The Morgan fingerprint density at radius 1 is 1.76 bits per heavy atom. The molecule has 1 aliphatic rings. The van der Waals surface area contributed by atoms with Crippen LogP contribution in [0.3, 0.4) is 0 Å². The minimum atomic E-state index is -0.351. The highest BCUT2D eigenvalue weighted by atomic mass is 32.1. The summed E-state index contributed by atoms with van der Waals surface area (Å²) in [6.45, 7) is 6.53. The molecule has 0 aromatic carbocycles. The van der Waals surface area contributed by atoms with Gasteiger partial charge in [0.1, 0.15) is 0 Å². The van der Waals surface area contributed by atoms with Crippen molar-refractivity contribution in [1.82, 2.24) is 4.98 Å². The number of rotatable bonds is 3. The normalized spacial score (nSPS) is 20.4. The molecule has 0 N–H and O–H groups in total. The second-order valence-electron chi connectivity index (χ2n) is 3.86. The third kappa shape index (κ3) is 2.95. The van der Waals surface area contributed by atoms with E-state index in [0.29, 0.717) is 18.9 Å². The number of ether oxygens (including phenoxy) is 2. The molecule has 0 radical (unpaired) electrons. The molecule has 0 aliphatic carbocycles. The number of aromatic nitrogens is 1. The standard InChI is InChI=1S/C11H16N2O3S/c1-3-15-10(14)9-7-17-11(12-9)13-4-5-16-8(2)6-13/h7-8H,3-6H2,1-2H3. The molecule has 6 heteroatoms. The van der Waals surface area contributed by atoms with Crippen LogP contribution in [0.1, 0.15) is 24.3 Å². The number of esters is 1. The molecule has 2 rings (SSSR count). The van der Waals surface area contributed by atoms with Gasteiger partial charge >= 0.3 is 5.97 Å². The zero-order chi connectivity index (χ0) is 12.3. The maximum absolute atomic E-state index is 11.5. The monoisotopic (exact) mass is 256 g/mol. The minimum absolute atomic E-state index is 0.207. The van der Waals surface area contributed by atoms with Gasteiger partial charge in [-0.2, -0.15) is 0 Å². The van der Waals surface area contributed by atoms with Gasteiger partial charge in [0.15, 0.2) is 10.8 Å². The first kappa shape index (κ1) is 12.3. The largest absolute Gasteiger partial charge is 0.461 e. The quantitative estimate of drug-likeness (QED) is 0.768. The van der Waals surface area contributed by atoms with E-state index in [-0.39, 0.29) is 12.1 Å². The number of carbonyl (C=O) groups is 1. The van der Waals surface area contributed by atoms with Crippen molar-refractivity contribution in [3.63, 3.8) is 0 Å². The Morgan fingerprint density at radius 2 is 2.59 bits per heavy atom. The van der Waals surface area contributed by atoms with Crippen molar-refractivity contribution >= 4 is 22.4 Å². The highest BCUT2D eigenvalue weighted by molar-refractivity contribution is 7.13. The summed E-state index contributed by atoms with van der Waals surface area (Å²) >= 11 is 1.47. The van der Waals surface area contributed by atoms with Crippen molar-refractivity contribution in [1.29, 1.82) is 0 Å². The summed E-state index contributed by atoms with van der Waals surface area (Å²) in [5.74, 6) is -0.351. The fourth-order valence-electron chi connectivity index (χ4n) is 1.70. The van der Waals surface area contributed by atoms with Gasteiger partial charge < -0.3 is 14.4 Å². The fraction of sp³-hybridized carbons (Fsp3) is 0.636. The number of morpholine rings is 1. The van der Waals surface area contributed by atoms with Gasteiger partial charge in [-0.15, -0.1) is 11.3 Å². The molecule has 1 unspecified atom stereocenters. The number of anilines is 1. The zero-order valence-corrected chi connectivity index (χ0v) is 10.8. The summed E-state index contributed by atoms with van der Waals surface area (Å²) in [5.41, 5.74) is 0.394. The van der Waals surface area contributed by atoms with Crippen LogP contribution in [0, 0.1) is 0 Å². The summed E-state index contributed by atoms with van der Waals surface area (Å²) < 4.78 is 10.4.